The summed E-state index contributed by atoms with van der Waals surface area (Å²) in [6.45, 7) is 4.62. The third kappa shape index (κ3) is 3.22. The first kappa shape index (κ1) is 18.8. The van der Waals surface area contributed by atoms with E-state index in [4.69, 9.17) is 5.73 Å². The minimum Gasteiger partial charge on any atom is -0.327 e. The van der Waals surface area contributed by atoms with Gasteiger partial charge in [-0.2, -0.15) is 0 Å². The summed E-state index contributed by atoms with van der Waals surface area (Å²) in [7, 11) is 0. The van der Waals surface area contributed by atoms with Crippen LogP contribution < -0.4 is 11.1 Å². The van der Waals surface area contributed by atoms with Crippen LogP contribution in [0.1, 0.15) is 52.5 Å². The Morgan fingerprint density at radius 1 is 1.11 bits per heavy atom. The second kappa shape index (κ2) is 7.10. The molecule has 8 heteroatoms. The van der Waals surface area contributed by atoms with Crippen molar-refractivity contribution in [3.63, 3.8) is 0 Å². The summed E-state index contributed by atoms with van der Waals surface area (Å²) in [6.07, 6.45) is 1.21. The molecule has 4 rings (SSSR count). The molecule has 0 bridgehead atoms. The molecule has 3 aliphatic heterocycles. The number of fused-ring (bicyclic) bond motifs is 1. The number of carbonyl (C=O) groups is 4. The number of hydrogen-bond acceptors (Lipinski definition) is 6. The number of likely N-dealkylation sites (tertiary alicyclic amines) is 1. The van der Waals surface area contributed by atoms with E-state index in [0.717, 1.165) is 30.0 Å². The van der Waals surface area contributed by atoms with E-state index in [-0.39, 0.29) is 24.8 Å². The summed E-state index contributed by atoms with van der Waals surface area (Å²) in [5.74, 6) is -1.50. The van der Waals surface area contributed by atoms with Crippen LogP contribution in [0.4, 0.5) is 0 Å². The van der Waals surface area contributed by atoms with Crippen LogP contribution in [0.25, 0.3) is 0 Å². The molecule has 0 spiro atoms. The van der Waals surface area contributed by atoms with E-state index >= 15 is 0 Å². The quantitative estimate of drug-likeness (QED) is 0.723. The van der Waals surface area contributed by atoms with Gasteiger partial charge in [0.2, 0.25) is 11.8 Å². The molecule has 1 aromatic carbocycles. The number of nitrogens with two attached hydrogens (primary N) is 1. The normalized spacial score (nSPS) is 28.5. The van der Waals surface area contributed by atoms with Crippen molar-refractivity contribution >= 4 is 23.6 Å². The molecule has 2 saturated heterocycles. The molecule has 0 aromatic heterocycles. The molecule has 0 aliphatic carbocycles. The van der Waals surface area contributed by atoms with Gasteiger partial charge in [0.05, 0.1) is 11.1 Å². The standard InChI is InChI=1S/C20H24N4O4/c1-11-9-23(7-6-15(11)21)10-12-2-3-13-14(8-12)20(28)24(19(13)27)16-4-5-17(25)22-18(16)26/h2-3,8,11,15-16H,4-7,9-10,21H2,1H3,(H,22,25,26). The zero-order valence-electron chi connectivity index (χ0n) is 15.8. The van der Waals surface area contributed by atoms with Crippen molar-refractivity contribution in [1.82, 2.24) is 15.1 Å². The number of nitrogens with one attached hydrogen (secondary N) is 1. The summed E-state index contributed by atoms with van der Waals surface area (Å²) in [5, 5.41) is 2.21. The van der Waals surface area contributed by atoms with Crippen LogP contribution in [0.3, 0.4) is 0 Å². The van der Waals surface area contributed by atoms with Gasteiger partial charge in [-0.1, -0.05) is 13.0 Å². The summed E-state index contributed by atoms with van der Waals surface area (Å²) in [5.41, 5.74) is 7.67. The van der Waals surface area contributed by atoms with Crippen LogP contribution in [-0.4, -0.2) is 58.6 Å². The lowest BCUT2D eigenvalue weighted by atomic mass is 9.94. The number of rotatable bonds is 3. The highest BCUT2D eigenvalue weighted by Gasteiger charge is 2.44. The number of hydrogen-bond donors (Lipinski definition) is 2. The maximum atomic E-state index is 12.9. The molecular weight excluding hydrogens is 360 g/mol. The van der Waals surface area contributed by atoms with Crippen molar-refractivity contribution in [3.05, 3.63) is 34.9 Å². The van der Waals surface area contributed by atoms with Gasteiger partial charge < -0.3 is 5.73 Å². The number of benzene rings is 1. The van der Waals surface area contributed by atoms with Gasteiger partial charge >= 0.3 is 0 Å². The summed E-state index contributed by atoms with van der Waals surface area (Å²) < 4.78 is 0. The molecule has 3 atom stereocenters. The van der Waals surface area contributed by atoms with Gasteiger partial charge in [-0.3, -0.25) is 34.3 Å². The third-order valence-electron chi connectivity index (χ3n) is 5.97. The Bertz CT molecular complexity index is 868. The molecule has 4 amide bonds. The van der Waals surface area contributed by atoms with E-state index in [1.54, 1.807) is 12.1 Å². The van der Waals surface area contributed by atoms with Crippen LogP contribution in [-0.2, 0) is 16.1 Å². The van der Waals surface area contributed by atoms with E-state index in [1.165, 1.54) is 0 Å². The zero-order chi connectivity index (χ0) is 20.0. The summed E-state index contributed by atoms with van der Waals surface area (Å²) >= 11 is 0. The molecular formula is C20H24N4O4. The maximum Gasteiger partial charge on any atom is 0.262 e. The lowest BCUT2D eigenvalue weighted by Crippen LogP contribution is -2.54. The van der Waals surface area contributed by atoms with Gasteiger partial charge in [0.15, 0.2) is 0 Å². The van der Waals surface area contributed by atoms with Gasteiger partial charge in [0.25, 0.3) is 11.8 Å². The van der Waals surface area contributed by atoms with Crippen LogP contribution in [0.5, 0.6) is 0 Å². The van der Waals surface area contributed by atoms with Crippen LogP contribution in [0.2, 0.25) is 0 Å². The van der Waals surface area contributed by atoms with Crippen LogP contribution in [0.15, 0.2) is 18.2 Å². The van der Waals surface area contributed by atoms with E-state index in [2.05, 4.69) is 17.1 Å². The predicted molar refractivity (Wildman–Crippen MR) is 100 cm³/mol. The summed E-state index contributed by atoms with van der Waals surface area (Å²) in [6, 6.07) is 4.56. The molecule has 3 unspecified atom stereocenters. The Morgan fingerprint density at radius 2 is 1.86 bits per heavy atom. The van der Waals surface area contributed by atoms with Crippen molar-refractivity contribution in [2.75, 3.05) is 13.1 Å². The fourth-order valence-corrected chi connectivity index (χ4v) is 4.27. The highest BCUT2D eigenvalue weighted by molar-refractivity contribution is 6.23. The molecule has 0 saturated carbocycles. The topological polar surface area (TPSA) is 113 Å². The molecule has 148 valence electrons. The molecule has 1 aromatic rings. The Morgan fingerprint density at radius 3 is 2.57 bits per heavy atom. The van der Waals surface area contributed by atoms with E-state index in [1.807, 2.05) is 6.07 Å². The van der Waals surface area contributed by atoms with E-state index in [9.17, 15) is 19.2 Å². The average molecular weight is 384 g/mol. The van der Waals surface area contributed by atoms with Crippen LogP contribution >= 0.6 is 0 Å². The van der Waals surface area contributed by atoms with Crippen LogP contribution in [0, 0.1) is 5.92 Å². The second-order valence-corrected chi connectivity index (χ2v) is 7.99. The first-order valence-electron chi connectivity index (χ1n) is 9.67. The molecule has 3 N–H and O–H groups in total. The fraction of sp³-hybridized carbons (Fsp3) is 0.500. The Hall–Kier alpha value is -2.58. The van der Waals surface area contributed by atoms with Crippen molar-refractivity contribution in [1.29, 1.82) is 0 Å². The molecule has 0 radical (unpaired) electrons. The zero-order valence-corrected chi connectivity index (χ0v) is 15.8. The first-order chi connectivity index (χ1) is 13.3. The second-order valence-electron chi connectivity index (χ2n) is 7.99. The third-order valence-corrected chi connectivity index (χ3v) is 5.97. The Kier molecular flexibility index (Phi) is 4.76. The smallest absolute Gasteiger partial charge is 0.262 e. The van der Waals surface area contributed by atoms with Gasteiger partial charge in [-0.15, -0.1) is 0 Å². The SMILES string of the molecule is CC1CN(Cc2ccc3c(c2)C(=O)N(C2CCC(=O)NC2=O)C3=O)CCC1N. The lowest BCUT2D eigenvalue weighted by molar-refractivity contribution is -0.136. The molecule has 28 heavy (non-hydrogen) atoms. The monoisotopic (exact) mass is 384 g/mol. The minimum atomic E-state index is -0.932. The number of nitrogens with zero attached hydrogens (tertiary/aromatic N) is 2. The fourth-order valence-electron chi connectivity index (χ4n) is 4.27. The minimum absolute atomic E-state index is 0.115. The average Bonchev–Trinajstić information content (AvgIpc) is 2.89. The maximum absolute atomic E-state index is 12.9. The van der Waals surface area contributed by atoms with E-state index in [0.29, 0.717) is 23.6 Å². The van der Waals surface area contributed by atoms with Crippen molar-refractivity contribution < 1.29 is 19.2 Å². The highest BCUT2D eigenvalue weighted by atomic mass is 16.2. The molecule has 3 aliphatic rings. The molecule has 8 nitrogen and oxygen atoms in total. The molecule has 2 fully saturated rings. The van der Waals surface area contributed by atoms with Gasteiger partial charge in [0, 0.05) is 25.6 Å². The first-order valence-corrected chi connectivity index (χ1v) is 9.67. The van der Waals surface area contributed by atoms with Crippen molar-refractivity contribution in [3.8, 4) is 0 Å². The highest BCUT2D eigenvalue weighted by Crippen LogP contribution is 2.29. The lowest BCUT2D eigenvalue weighted by Gasteiger charge is -2.35. The van der Waals surface area contributed by atoms with Crippen molar-refractivity contribution in [2.45, 2.75) is 44.8 Å². The molecule has 3 heterocycles. The number of carbonyl (C=O) groups excluding carboxylic acids is 4. The number of piperidine rings is 2. The van der Waals surface area contributed by atoms with Gasteiger partial charge in [-0.25, -0.2) is 0 Å². The number of imide groups is 2. The Balaban J connectivity index is 1.53. The Labute approximate surface area is 163 Å². The van der Waals surface area contributed by atoms with E-state index < -0.39 is 23.8 Å². The van der Waals surface area contributed by atoms with Gasteiger partial charge in [-0.05, 0) is 43.0 Å². The summed E-state index contributed by atoms with van der Waals surface area (Å²) in [4.78, 5) is 52.4. The van der Waals surface area contributed by atoms with Crippen molar-refractivity contribution in [2.24, 2.45) is 11.7 Å². The largest absolute Gasteiger partial charge is 0.327 e. The van der Waals surface area contributed by atoms with Gasteiger partial charge in [0.1, 0.15) is 6.04 Å². The number of amides is 4. The predicted octanol–water partition coefficient (Wildman–Crippen LogP) is 0.257.